The molecule has 1 amide bonds. The molecular weight excluding hydrogens is 290 g/mol. The van der Waals surface area contributed by atoms with E-state index in [9.17, 15) is 14.4 Å². The van der Waals surface area contributed by atoms with Gasteiger partial charge in [0.25, 0.3) is 5.91 Å². The van der Waals surface area contributed by atoms with Gasteiger partial charge in [-0.2, -0.15) is 0 Å². The van der Waals surface area contributed by atoms with Crippen LogP contribution in [0.3, 0.4) is 0 Å². The third kappa shape index (κ3) is 5.08. The van der Waals surface area contributed by atoms with Crippen LogP contribution in [0.5, 0.6) is 5.75 Å². The van der Waals surface area contributed by atoms with E-state index in [-0.39, 0.29) is 13.0 Å². The van der Waals surface area contributed by atoms with E-state index < -0.39 is 23.9 Å². The molecular formula is C15H19NO6. The van der Waals surface area contributed by atoms with Gasteiger partial charge >= 0.3 is 11.9 Å². The molecule has 0 aliphatic heterocycles. The van der Waals surface area contributed by atoms with Gasteiger partial charge in [0.15, 0.2) is 0 Å². The zero-order valence-electron chi connectivity index (χ0n) is 12.8. The van der Waals surface area contributed by atoms with E-state index in [1.54, 1.807) is 25.1 Å². The van der Waals surface area contributed by atoms with Crippen LogP contribution in [0.1, 0.15) is 23.7 Å². The largest absolute Gasteiger partial charge is 0.497 e. The first-order chi connectivity index (χ1) is 10.5. The van der Waals surface area contributed by atoms with Gasteiger partial charge in [0.05, 0.1) is 27.2 Å². The number of rotatable bonds is 7. The minimum Gasteiger partial charge on any atom is -0.497 e. The Morgan fingerprint density at radius 2 is 1.95 bits per heavy atom. The monoisotopic (exact) mass is 309 g/mol. The number of esters is 2. The van der Waals surface area contributed by atoms with E-state index in [0.29, 0.717) is 11.3 Å². The molecule has 0 radical (unpaired) electrons. The highest BCUT2D eigenvalue weighted by atomic mass is 16.5. The summed E-state index contributed by atoms with van der Waals surface area (Å²) in [5.74, 6) is -1.32. The van der Waals surface area contributed by atoms with Crippen molar-refractivity contribution in [2.75, 3.05) is 20.8 Å². The summed E-state index contributed by atoms with van der Waals surface area (Å²) in [4.78, 5) is 35.3. The number of hydrogen-bond acceptors (Lipinski definition) is 6. The van der Waals surface area contributed by atoms with Gasteiger partial charge in [0.2, 0.25) is 0 Å². The van der Waals surface area contributed by atoms with Crippen LogP contribution >= 0.6 is 0 Å². The van der Waals surface area contributed by atoms with Crippen LogP contribution in [-0.4, -0.2) is 44.7 Å². The predicted molar refractivity (Wildman–Crippen MR) is 77.5 cm³/mol. The second-order valence-corrected chi connectivity index (χ2v) is 4.29. The third-order valence-corrected chi connectivity index (χ3v) is 2.81. The Morgan fingerprint density at radius 1 is 1.23 bits per heavy atom. The summed E-state index contributed by atoms with van der Waals surface area (Å²) < 4.78 is 14.4. The second kappa shape index (κ2) is 8.66. The molecule has 1 aromatic rings. The Kier molecular flexibility index (Phi) is 6.88. The van der Waals surface area contributed by atoms with E-state index >= 15 is 0 Å². The normalized spacial score (nSPS) is 11.2. The lowest BCUT2D eigenvalue weighted by Crippen LogP contribution is -2.43. The molecule has 0 fully saturated rings. The highest BCUT2D eigenvalue weighted by Gasteiger charge is 2.26. The molecule has 7 heteroatoms. The third-order valence-electron chi connectivity index (χ3n) is 2.81. The minimum absolute atomic E-state index is 0.144. The number of ether oxygens (including phenoxy) is 3. The van der Waals surface area contributed by atoms with Crippen LogP contribution in [0.15, 0.2) is 24.3 Å². The van der Waals surface area contributed by atoms with Gasteiger partial charge in [-0.15, -0.1) is 0 Å². The molecule has 0 aromatic heterocycles. The molecule has 7 nitrogen and oxygen atoms in total. The maximum absolute atomic E-state index is 12.2. The van der Waals surface area contributed by atoms with E-state index in [1.165, 1.54) is 20.3 Å². The lowest BCUT2D eigenvalue weighted by molar-refractivity contribution is -0.150. The van der Waals surface area contributed by atoms with Crippen molar-refractivity contribution in [3.05, 3.63) is 29.8 Å². The molecule has 0 bridgehead atoms. The lowest BCUT2D eigenvalue weighted by atomic mass is 10.1. The van der Waals surface area contributed by atoms with Crippen LogP contribution in [-0.2, 0) is 19.1 Å². The molecule has 120 valence electrons. The number of hydrogen-bond donors (Lipinski definition) is 1. The van der Waals surface area contributed by atoms with Crippen molar-refractivity contribution >= 4 is 17.8 Å². The molecule has 0 heterocycles. The molecule has 1 unspecified atom stereocenters. The van der Waals surface area contributed by atoms with E-state index in [4.69, 9.17) is 9.47 Å². The number of methoxy groups -OCH3 is 2. The van der Waals surface area contributed by atoms with Crippen LogP contribution in [0, 0.1) is 0 Å². The number of amides is 1. The second-order valence-electron chi connectivity index (χ2n) is 4.29. The number of carbonyl (C=O) groups excluding carboxylic acids is 3. The summed E-state index contributed by atoms with van der Waals surface area (Å²) in [5, 5.41) is 2.46. The summed E-state index contributed by atoms with van der Waals surface area (Å²) in [6, 6.07) is 5.32. The molecule has 1 aromatic carbocycles. The van der Waals surface area contributed by atoms with Gasteiger partial charge < -0.3 is 19.5 Å². The quantitative estimate of drug-likeness (QED) is 0.753. The zero-order valence-corrected chi connectivity index (χ0v) is 12.8. The van der Waals surface area contributed by atoms with Crippen LogP contribution in [0.4, 0.5) is 0 Å². The molecule has 22 heavy (non-hydrogen) atoms. The van der Waals surface area contributed by atoms with Crippen LogP contribution < -0.4 is 10.1 Å². The van der Waals surface area contributed by atoms with Gasteiger partial charge in [-0.3, -0.25) is 9.59 Å². The summed E-state index contributed by atoms with van der Waals surface area (Å²) >= 11 is 0. The molecule has 1 rings (SSSR count). The summed E-state index contributed by atoms with van der Waals surface area (Å²) in [6.45, 7) is 1.78. The van der Waals surface area contributed by atoms with Gasteiger partial charge in [-0.25, -0.2) is 4.79 Å². The fourth-order valence-electron chi connectivity index (χ4n) is 1.69. The standard InChI is InChI=1S/C15H19NO6/c1-4-22-15(19)12(9-13(17)21-3)16-14(18)10-6-5-7-11(8-10)20-2/h5-8,12H,4,9H2,1-3H3,(H,16,18). The molecule has 0 saturated carbocycles. The molecule has 0 spiro atoms. The average Bonchev–Trinajstić information content (AvgIpc) is 2.54. The Morgan fingerprint density at radius 3 is 2.55 bits per heavy atom. The number of carbonyl (C=O) groups is 3. The average molecular weight is 309 g/mol. The van der Waals surface area contributed by atoms with Gasteiger partial charge in [0, 0.05) is 5.56 Å². The summed E-state index contributed by atoms with van der Waals surface area (Å²) in [6.07, 6.45) is -0.301. The van der Waals surface area contributed by atoms with Gasteiger partial charge in [-0.1, -0.05) is 6.07 Å². The van der Waals surface area contributed by atoms with Crippen molar-refractivity contribution < 1.29 is 28.6 Å². The number of benzene rings is 1. The zero-order chi connectivity index (χ0) is 16.5. The van der Waals surface area contributed by atoms with E-state index in [0.717, 1.165) is 0 Å². The predicted octanol–water partition coefficient (Wildman–Crippen LogP) is 0.920. The summed E-state index contributed by atoms with van der Waals surface area (Å²) in [5.41, 5.74) is 0.304. The molecule has 1 atom stereocenters. The van der Waals surface area contributed by atoms with Crippen molar-refractivity contribution in [2.24, 2.45) is 0 Å². The Balaban J connectivity index is 2.84. The first kappa shape index (κ1) is 17.5. The van der Waals surface area contributed by atoms with Crippen LogP contribution in [0.25, 0.3) is 0 Å². The summed E-state index contributed by atoms with van der Waals surface area (Å²) in [7, 11) is 2.68. The van der Waals surface area contributed by atoms with Crippen molar-refractivity contribution in [1.29, 1.82) is 0 Å². The molecule has 1 N–H and O–H groups in total. The maximum Gasteiger partial charge on any atom is 0.329 e. The van der Waals surface area contributed by atoms with Crippen molar-refractivity contribution in [3.8, 4) is 5.75 Å². The van der Waals surface area contributed by atoms with Crippen molar-refractivity contribution in [2.45, 2.75) is 19.4 Å². The van der Waals surface area contributed by atoms with Gasteiger partial charge in [-0.05, 0) is 25.1 Å². The van der Waals surface area contributed by atoms with E-state index in [1.807, 2.05) is 0 Å². The molecule has 0 aliphatic rings. The molecule has 0 saturated heterocycles. The first-order valence-electron chi connectivity index (χ1n) is 6.70. The fourth-order valence-corrected chi connectivity index (χ4v) is 1.69. The topological polar surface area (TPSA) is 90.9 Å². The highest BCUT2D eigenvalue weighted by Crippen LogP contribution is 2.13. The Bertz CT molecular complexity index is 543. The fraction of sp³-hybridized carbons (Fsp3) is 0.400. The van der Waals surface area contributed by atoms with E-state index in [2.05, 4.69) is 10.1 Å². The Labute approximate surface area is 128 Å². The van der Waals surface area contributed by atoms with Crippen molar-refractivity contribution in [3.63, 3.8) is 0 Å². The maximum atomic E-state index is 12.2. The highest BCUT2D eigenvalue weighted by molar-refractivity contribution is 5.97. The smallest absolute Gasteiger partial charge is 0.329 e. The van der Waals surface area contributed by atoms with Gasteiger partial charge in [0.1, 0.15) is 11.8 Å². The Hall–Kier alpha value is -2.57. The number of nitrogens with one attached hydrogen (secondary N) is 1. The first-order valence-corrected chi connectivity index (χ1v) is 6.70. The minimum atomic E-state index is -1.11. The SMILES string of the molecule is CCOC(=O)C(CC(=O)OC)NC(=O)c1cccc(OC)c1. The van der Waals surface area contributed by atoms with Crippen LogP contribution in [0.2, 0.25) is 0 Å². The lowest BCUT2D eigenvalue weighted by Gasteiger charge is -2.16. The van der Waals surface area contributed by atoms with Crippen molar-refractivity contribution in [1.82, 2.24) is 5.32 Å². The molecule has 0 aliphatic carbocycles.